The Morgan fingerprint density at radius 2 is 1.86 bits per heavy atom. The number of nitrogens with one attached hydrogen (secondary N) is 1. The maximum atomic E-state index is 13.1. The minimum Gasteiger partial charge on any atom is -0.352 e. The minimum atomic E-state index is -0.262. The summed E-state index contributed by atoms with van der Waals surface area (Å²) in [5, 5.41) is 3.71. The van der Waals surface area contributed by atoms with Gasteiger partial charge in [0, 0.05) is 30.5 Å². The maximum absolute atomic E-state index is 13.1. The predicted octanol–water partition coefficient (Wildman–Crippen LogP) is 4.19. The van der Waals surface area contributed by atoms with Gasteiger partial charge in [0.15, 0.2) is 0 Å². The second-order valence-corrected chi connectivity index (χ2v) is 7.75. The van der Waals surface area contributed by atoms with Crippen LogP contribution in [0, 0.1) is 5.82 Å². The molecule has 1 unspecified atom stereocenters. The van der Waals surface area contributed by atoms with Gasteiger partial charge < -0.3 is 10.2 Å². The number of hydrogen-bond donors (Lipinski definition) is 1. The van der Waals surface area contributed by atoms with Crippen LogP contribution in [-0.4, -0.2) is 27.9 Å². The van der Waals surface area contributed by atoms with Crippen LogP contribution in [0.1, 0.15) is 37.2 Å². The lowest BCUT2D eigenvalue weighted by Crippen LogP contribution is -2.40. The number of halogens is 1. The lowest BCUT2D eigenvalue weighted by atomic mass is 10.1. The Morgan fingerprint density at radius 3 is 2.55 bits per heavy atom. The molecule has 1 heterocycles. The first kappa shape index (κ1) is 20.9. The second kappa shape index (κ2) is 10.1. The summed E-state index contributed by atoms with van der Waals surface area (Å²) in [4.78, 5) is 19.1. The molecule has 3 rings (SSSR count). The molecule has 1 atom stereocenters. The molecule has 1 amide bonds. The van der Waals surface area contributed by atoms with E-state index in [4.69, 9.17) is 0 Å². The summed E-state index contributed by atoms with van der Waals surface area (Å²) >= 11 is 1.28. The first-order valence-electron chi connectivity index (χ1n) is 9.68. The van der Waals surface area contributed by atoms with Crippen LogP contribution in [0.5, 0.6) is 0 Å². The standard InChI is InChI=1S/C22H25FN4OS/c1-3-16(2)24-21(28)15-27(14-18-7-5-4-6-8-18)22-25-20(26-29-22)13-17-9-11-19(23)12-10-17/h4-12,16H,3,13-15H2,1-2H3,(H,24,28). The van der Waals surface area contributed by atoms with E-state index in [-0.39, 0.29) is 24.3 Å². The fourth-order valence-corrected chi connectivity index (χ4v) is 3.50. The van der Waals surface area contributed by atoms with Gasteiger partial charge in [-0.15, -0.1) is 0 Å². The van der Waals surface area contributed by atoms with Crippen molar-refractivity contribution in [3.8, 4) is 0 Å². The van der Waals surface area contributed by atoms with E-state index >= 15 is 0 Å². The average Bonchev–Trinajstić information content (AvgIpc) is 3.18. The first-order valence-corrected chi connectivity index (χ1v) is 10.5. The molecule has 0 fully saturated rings. The van der Waals surface area contributed by atoms with Crippen LogP contribution < -0.4 is 10.2 Å². The zero-order valence-corrected chi connectivity index (χ0v) is 17.5. The van der Waals surface area contributed by atoms with Crippen LogP contribution in [0.25, 0.3) is 0 Å². The molecule has 1 aromatic heterocycles. The molecule has 5 nitrogen and oxygen atoms in total. The van der Waals surface area contributed by atoms with Gasteiger partial charge in [-0.25, -0.2) is 9.37 Å². The quantitative estimate of drug-likeness (QED) is 0.573. The van der Waals surface area contributed by atoms with E-state index in [2.05, 4.69) is 14.7 Å². The Labute approximate surface area is 174 Å². The van der Waals surface area contributed by atoms with Crippen molar-refractivity contribution in [3.63, 3.8) is 0 Å². The largest absolute Gasteiger partial charge is 0.352 e. The van der Waals surface area contributed by atoms with Crippen molar-refractivity contribution in [1.29, 1.82) is 0 Å². The second-order valence-electron chi connectivity index (χ2n) is 7.01. The van der Waals surface area contributed by atoms with Crippen molar-refractivity contribution in [2.24, 2.45) is 0 Å². The molecule has 0 aliphatic heterocycles. The van der Waals surface area contributed by atoms with Crippen LogP contribution in [0.4, 0.5) is 9.52 Å². The van der Waals surface area contributed by atoms with Crippen LogP contribution in [-0.2, 0) is 17.8 Å². The molecule has 0 aliphatic carbocycles. The molecule has 152 valence electrons. The summed E-state index contributed by atoms with van der Waals surface area (Å²) in [6.45, 7) is 4.81. The molecule has 0 bridgehead atoms. The van der Waals surface area contributed by atoms with E-state index in [1.807, 2.05) is 49.1 Å². The Bertz CT molecular complexity index is 914. The van der Waals surface area contributed by atoms with Crippen LogP contribution in [0.2, 0.25) is 0 Å². The highest BCUT2D eigenvalue weighted by Gasteiger charge is 2.18. The van der Waals surface area contributed by atoms with Crippen molar-refractivity contribution >= 4 is 22.6 Å². The smallest absolute Gasteiger partial charge is 0.239 e. The topological polar surface area (TPSA) is 58.1 Å². The van der Waals surface area contributed by atoms with Gasteiger partial charge in [0.05, 0.1) is 6.54 Å². The van der Waals surface area contributed by atoms with Crippen molar-refractivity contribution < 1.29 is 9.18 Å². The summed E-state index contributed by atoms with van der Waals surface area (Å²) in [6, 6.07) is 16.4. The Kier molecular flexibility index (Phi) is 7.30. The van der Waals surface area contributed by atoms with Crippen molar-refractivity contribution in [2.45, 2.75) is 39.3 Å². The molecular formula is C22H25FN4OS. The minimum absolute atomic E-state index is 0.0365. The molecule has 0 aliphatic rings. The van der Waals surface area contributed by atoms with Gasteiger partial charge in [-0.3, -0.25) is 4.79 Å². The fourth-order valence-electron chi connectivity index (χ4n) is 2.82. The van der Waals surface area contributed by atoms with Crippen molar-refractivity contribution in [1.82, 2.24) is 14.7 Å². The highest BCUT2D eigenvalue weighted by molar-refractivity contribution is 7.09. The summed E-state index contributed by atoms with van der Waals surface area (Å²) in [7, 11) is 0. The number of hydrogen-bond acceptors (Lipinski definition) is 5. The normalized spacial score (nSPS) is 11.8. The Morgan fingerprint density at radius 1 is 1.14 bits per heavy atom. The van der Waals surface area contributed by atoms with Crippen LogP contribution in [0.15, 0.2) is 54.6 Å². The van der Waals surface area contributed by atoms with E-state index in [0.29, 0.717) is 23.9 Å². The molecule has 2 aromatic carbocycles. The Hall–Kier alpha value is -2.80. The van der Waals surface area contributed by atoms with Gasteiger partial charge in [-0.1, -0.05) is 49.4 Å². The van der Waals surface area contributed by atoms with Crippen LogP contribution >= 0.6 is 11.5 Å². The van der Waals surface area contributed by atoms with E-state index in [9.17, 15) is 9.18 Å². The van der Waals surface area contributed by atoms with Crippen molar-refractivity contribution in [3.05, 3.63) is 77.4 Å². The predicted molar refractivity (Wildman–Crippen MR) is 115 cm³/mol. The Balaban J connectivity index is 1.75. The van der Waals surface area contributed by atoms with Crippen molar-refractivity contribution in [2.75, 3.05) is 11.4 Å². The molecule has 3 aromatic rings. The lowest BCUT2D eigenvalue weighted by Gasteiger charge is -2.22. The number of anilines is 1. The third-order valence-corrected chi connectivity index (χ3v) is 5.39. The molecule has 29 heavy (non-hydrogen) atoms. The number of aromatic nitrogens is 2. The lowest BCUT2D eigenvalue weighted by molar-refractivity contribution is -0.120. The number of rotatable bonds is 9. The number of benzene rings is 2. The maximum Gasteiger partial charge on any atom is 0.239 e. The highest BCUT2D eigenvalue weighted by Crippen LogP contribution is 2.21. The third-order valence-electron chi connectivity index (χ3n) is 4.57. The molecular weight excluding hydrogens is 387 g/mol. The van der Waals surface area contributed by atoms with E-state index in [0.717, 1.165) is 17.5 Å². The fraction of sp³-hybridized carbons (Fsp3) is 0.318. The number of carbonyl (C=O) groups excluding carboxylic acids is 1. The van der Waals surface area contributed by atoms with Gasteiger partial charge in [-0.05, 0) is 36.6 Å². The molecule has 0 saturated heterocycles. The zero-order valence-electron chi connectivity index (χ0n) is 16.6. The summed E-state index contributed by atoms with van der Waals surface area (Å²) in [6.07, 6.45) is 1.40. The first-order chi connectivity index (χ1) is 14.0. The number of carbonyl (C=O) groups is 1. The average molecular weight is 413 g/mol. The van der Waals surface area contributed by atoms with Crippen LogP contribution in [0.3, 0.4) is 0 Å². The molecule has 7 heteroatoms. The van der Waals surface area contributed by atoms with Gasteiger partial charge in [-0.2, -0.15) is 4.37 Å². The molecule has 1 N–H and O–H groups in total. The third kappa shape index (κ3) is 6.35. The summed E-state index contributed by atoms with van der Waals surface area (Å²) < 4.78 is 17.6. The molecule has 0 saturated carbocycles. The number of amides is 1. The van der Waals surface area contributed by atoms with E-state index in [1.165, 1.54) is 23.7 Å². The summed E-state index contributed by atoms with van der Waals surface area (Å²) in [5.41, 5.74) is 2.04. The monoisotopic (exact) mass is 412 g/mol. The van der Waals surface area contributed by atoms with Gasteiger partial charge in [0.2, 0.25) is 11.0 Å². The zero-order chi connectivity index (χ0) is 20.6. The SMILES string of the molecule is CCC(C)NC(=O)CN(Cc1ccccc1)c1nc(Cc2ccc(F)cc2)ns1. The molecule has 0 spiro atoms. The van der Waals surface area contributed by atoms with E-state index in [1.54, 1.807) is 12.1 Å². The number of nitrogens with zero attached hydrogens (tertiary/aromatic N) is 3. The van der Waals surface area contributed by atoms with E-state index < -0.39 is 0 Å². The molecule has 0 radical (unpaired) electrons. The summed E-state index contributed by atoms with van der Waals surface area (Å²) in [5.74, 6) is 0.365. The van der Waals surface area contributed by atoms with Gasteiger partial charge in [0.25, 0.3) is 0 Å². The van der Waals surface area contributed by atoms with Gasteiger partial charge in [0.1, 0.15) is 11.6 Å². The van der Waals surface area contributed by atoms with Gasteiger partial charge >= 0.3 is 0 Å². The highest BCUT2D eigenvalue weighted by atomic mass is 32.1.